The van der Waals surface area contributed by atoms with E-state index in [1.807, 2.05) is 13.8 Å². The summed E-state index contributed by atoms with van der Waals surface area (Å²) in [7, 11) is 2.43. The van der Waals surface area contributed by atoms with E-state index in [2.05, 4.69) is 10.6 Å². The van der Waals surface area contributed by atoms with Crippen LogP contribution in [0.3, 0.4) is 0 Å². The highest BCUT2D eigenvalue weighted by atomic mass is 35.5. The van der Waals surface area contributed by atoms with Crippen molar-refractivity contribution in [2.24, 2.45) is 17.6 Å². The van der Waals surface area contributed by atoms with Gasteiger partial charge in [-0.25, -0.2) is 0 Å². The van der Waals surface area contributed by atoms with Gasteiger partial charge in [-0.2, -0.15) is 13.2 Å². The monoisotopic (exact) mass is 683 g/mol. The summed E-state index contributed by atoms with van der Waals surface area (Å²) in [4.78, 5) is 25.9. The third kappa shape index (κ3) is 11.9. The van der Waals surface area contributed by atoms with Gasteiger partial charge in [-0.1, -0.05) is 56.3 Å². The lowest BCUT2D eigenvalue weighted by molar-refractivity contribution is -0.265. The second kappa shape index (κ2) is 20.5. The second-order valence-corrected chi connectivity index (χ2v) is 10.7. The van der Waals surface area contributed by atoms with Gasteiger partial charge in [0.2, 0.25) is 0 Å². The fourth-order valence-corrected chi connectivity index (χ4v) is 4.62. The maximum absolute atomic E-state index is 14.1. The minimum atomic E-state index is -5.07. The number of nitrogens with two attached hydrogens (primary N) is 1. The molecule has 5 N–H and O–H groups in total. The molecule has 0 aliphatic rings. The summed E-state index contributed by atoms with van der Waals surface area (Å²) in [5, 5.41) is 15.7. The molecule has 0 saturated heterocycles. The number of para-hydroxylation sites is 1. The smallest absolute Gasteiger partial charge is 0.430 e. The Labute approximate surface area is 275 Å². The van der Waals surface area contributed by atoms with E-state index in [4.69, 9.17) is 19.9 Å². The summed E-state index contributed by atoms with van der Waals surface area (Å²) in [5.74, 6) is -1.47. The average Bonchev–Trinajstić information content (AvgIpc) is 2.98. The van der Waals surface area contributed by atoms with Crippen LogP contribution in [0.4, 0.5) is 13.2 Å². The number of ether oxygens (including phenoxy) is 3. The first-order chi connectivity index (χ1) is 20.4. The van der Waals surface area contributed by atoms with Gasteiger partial charge in [0, 0.05) is 45.5 Å². The van der Waals surface area contributed by atoms with Crippen LogP contribution in [0.25, 0.3) is 0 Å². The Morgan fingerprint density at radius 1 is 0.911 bits per heavy atom. The van der Waals surface area contributed by atoms with Crippen LogP contribution in [0.5, 0.6) is 5.75 Å². The summed E-state index contributed by atoms with van der Waals surface area (Å²) >= 11 is 0. The van der Waals surface area contributed by atoms with Gasteiger partial charge in [-0.05, 0) is 43.2 Å². The van der Waals surface area contributed by atoms with Gasteiger partial charge < -0.3 is 35.7 Å². The summed E-state index contributed by atoms with van der Waals surface area (Å²) in [6, 6.07) is 12.6. The molecule has 0 aromatic heterocycles. The van der Waals surface area contributed by atoms with Gasteiger partial charge >= 0.3 is 6.18 Å². The van der Waals surface area contributed by atoms with Crippen LogP contribution in [0.2, 0.25) is 0 Å². The van der Waals surface area contributed by atoms with Crippen LogP contribution in [-0.2, 0) is 19.9 Å². The number of hydrogen-bond acceptors (Lipinski definition) is 7. The van der Waals surface area contributed by atoms with Crippen molar-refractivity contribution >= 4 is 36.6 Å². The number of methoxy groups -OCH3 is 2. The fourth-order valence-electron chi connectivity index (χ4n) is 4.62. The fraction of sp³-hybridized carbons (Fsp3) is 0.548. The summed E-state index contributed by atoms with van der Waals surface area (Å²) in [6.07, 6.45) is -4.59. The molecule has 0 bridgehead atoms. The Balaban J connectivity index is 0.00000968. The molecule has 0 radical (unpaired) electrons. The highest BCUT2D eigenvalue weighted by Crippen LogP contribution is 2.42. The van der Waals surface area contributed by atoms with E-state index < -0.39 is 41.9 Å². The summed E-state index contributed by atoms with van der Waals surface area (Å²) in [5.41, 5.74) is 2.95. The molecule has 2 aromatic carbocycles. The van der Waals surface area contributed by atoms with Crippen molar-refractivity contribution in [1.29, 1.82) is 0 Å². The van der Waals surface area contributed by atoms with Crippen molar-refractivity contribution in [3.8, 4) is 5.75 Å². The topological polar surface area (TPSA) is 132 Å². The summed E-state index contributed by atoms with van der Waals surface area (Å²) < 4.78 is 58.0. The zero-order valence-electron chi connectivity index (χ0n) is 26.0. The molecular weight excluding hydrogens is 638 g/mol. The van der Waals surface area contributed by atoms with E-state index in [-0.39, 0.29) is 55.5 Å². The van der Waals surface area contributed by atoms with Crippen LogP contribution in [0.1, 0.15) is 49.0 Å². The number of alkyl halides is 3. The van der Waals surface area contributed by atoms with E-state index >= 15 is 0 Å². The number of nitrogens with one attached hydrogen (secondary N) is 2. The molecule has 14 heteroatoms. The molecule has 256 valence electrons. The number of benzene rings is 2. The van der Waals surface area contributed by atoms with Crippen LogP contribution < -0.4 is 21.1 Å². The van der Waals surface area contributed by atoms with E-state index in [9.17, 15) is 27.9 Å². The molecule has 2 aromatic rings. The Hall–Kier alpha value is -2.61. The number of aliphatic hydroxyl groups is 1. The van der Waals surface area contributed by atoms with Crippen molar-refractivity contribution in [3.05, 3.63) is 65.7 Å². The number of aliphatic hydroxyl groups excluding tert-OH is 1. The van der Waals surface area contributed by atoms with Crippen LogP contribution in [-0.4, -0.2) is 75.8 Å². The first-order valence-corrected chi connectivity index (χ1v) is 14.3. The van der Waals surface area contributed by atoms with Crippen LogP contribution >= 0.6 is 24.8 Å². The zero-order chi connectivity index (χ0) is 32.0. The molecule has 0 spiro atoms. The maximum Gasteiger partial charge on any atom is 0.430 e. The van der Waals surface area contributed by atoms with Crippen molar-refractivity contribution in [2.75, 3.05) is 40.5 Å². The lowest BCUT2D eigenvalue weighted by Gasteiger charge is -2.34. The van der Waals surface area contributed by atoms with E-state index in [0.717, 1.165) is 32.1 Å². The number of unbranched alkanes of at least 4 members (excludes halogenated alkanes) is 1. The average molecular weight is 685 g/mol. The lowest BCUT2D eigenvalue weighted by Crippen LogP contribution is -2.57. The quantitative estimate of drug-likeness (QED) is 0.168. The Morgan fingerprint density at radius 3 is 2.09 bits per heavy atom. The van der Waals surface area contributed by atoms with Crippen molar-refractivity contribution in [2.45, 2.75) is 57.0 Å². The number of amides is 2. The minimum Gasteiger partial charge on any atom is -0.493 e. The minimum absolute atomic E-state index is 0. The number of carbonyl (C=O) groups is 2. The van der Waals surface area contributed by atoms with E-state index in [1.54, 1.807) is 31.4 Å². The first kappa shape index (κ1) is 42.4. The van der Waals surface area contributed by atoms with Crippen molar-refractivity contribution < 1.29 is 42.1 Å². The highest BCUT2D eigenvalue weighted by molar-refractivity contribution is 5.96. The van der Waals surface area contributed by atoms with Gasteiger partial charge in [0.15, 0.2) is 0 Å². The second-order valence-electron chi connectivity index (χ2n) is 10.7. The Kier molecular flexibility index (Phi) is 19.3. The molecule has 2 rings (SSSR count). The molecule has 0 fully saturated rings. The van der Waals surface area contributed by atoms with Gasteiger partial charge in [-0.15, -0.1) is 24.8 Å². The normalized spacial score (nSPS) is 14.6. The van der Waals surface area contributed by atoms with E-state index in [0.29, 0.717) is 24.5 Å². The van der Waals surface area contributed by atoms with Gasteiger partial charge in [0.05, 0.1) is 18.3 Å². The standard InChI is InChI=1S/C31H44F3N3O6.2ClH/c1-21(2)22(19-36-28(39)24-14-8-9-15-27(24)43-17-11-10-16-41-3)18-25(35)26(38)20-37-29(40)30(42-4,31(32,33)34)23-12-6-5-7-13-23;;/h5-9,12-15,21-22,25-26,38H,10-11,16-20,35H2,1-4H3,(H,36,39)(H,37,40);2*1H/t22-,25+,26+,30-;;/m1../s1. The molecule has 0 unspecified atom stereocenters. The lowest BCUT2D eigenvalue weighted by atomic mass is 9.87. The molecular formula is C31H46Cl2F3N3O6. The predicted molar refractivity (Wildman–Crippen MR) is 171 cm³/mol. The molecule has 2 amide bonds. The number of hydrogen-bond donors (Lipinski definition) is 4. The maximum atomic E-state index is 14.1. The van der Waals surface area contributed by atoms with Crippen molar-refractivity contribution in [1.82, 2.24) is 10.6 Å². The number of rotatable bonds is 18. The van der Waals surface area contributed by atoms with Gasteiger partial charge in [-0.3, -0.25) is 9.59 Å². The number of carbonyl (C=O) groups excluding carboxylic acids is 2. The van der Waals surface area contributed by atoms with E-state index in [1.165, 1.54) is 18.2 Å². The van der Waals surface area contributed by atoms with Crippen LogP contribution in [0.15, 0.2) is 54.6 Å². The highest BCUT2D eigenvalue weighted by Gasteiger charge is 2.62. The first-order valence-electron chi connectivity index (χ1n) is 14.3. The predicted octanol–water partition coefficient (Wildman–Crippen LogP) is 4.64. The largest absolute Gasteiger partial charge is 0.493 e. The molecule has 4 atom stereocenters. The third-order valence-electron chi connectivity index (χ3n) is 7.35. The van der Waals surface area contributed by atoms with Crippen molar-refractivity contribution in [3.63, 3.8) is 0 Å². The van der Waals surface area contributed by atoms with Gasteiger partial charge in [0.25, 0.3) is 17.4 Å². The molecule has 0 saturated carbocycles. The number of halogens is 5. The molecule has 45 heavy (non-hydrogen) atoms. The van der Waals surface area contributed by atoms with Gasteiger partial charge in [0.1, 0.15) is 5.75 Å². The molecule has 0 aliphatic heterocycles. The molecule has 0 heterocycles. The Bertz CT molecular complexity index is 1150. The SMILES string of the molecule is COCCCCOc1ccccc1C(=O)NC[C@@H](C[C@H](N)[C@@H](O)CNC(=O)[C@](OC)(c1ccccc1)C(F)(F)F)C(C)C.Cl.Cl. The Morgan fingerprint density at radius 2 is 1.51 bits per heavy atom. The zero-order valence-corrected chi connectivity index (χ0v) is 27.6. The van der Waals surface area contributed by atoms with Crippen LogP contribution in [0, 0.1) is 11.8 Å². The third-order valence-corrected chi connectivity index (χ3v) is 7.35. The molecule has 0 aliphatic carbocycles. The summed E-state index contributed by atoms with van der Waals surface area (Å²) in [6.45, 7) is 4.64. The molecule has 9 nitrogen and oxygen atoms in total.